The number of rotatable bonds is 5. The Morgan fingerprint density at radius 1 is 1.33 bits per heavy atom. The lowest BCUT2D eigenvalue weighted by Gasteiger charge is -2.13. The van der Waals surface area contributed by atoms with Crippen LogP contribution in [0.25, 0.3) is 0 Å². The van der Waals surface area contributed by atoms with E-state index in [4.69, 9.17) is 5.11 Å². The zero-order valence-electron chi connectivity index (χ0n) is 8.13. The molecule has 0 aliphatic carbocycles. The molecule has 0 bridgehead atoms. The van der Waals surface area contributed by atoms with Crippen molar-refractivity contribution in [2.45, 2.75) is 39.7 Å². The summed E-state index contributed by atoms with van der Waals surface area (Å²) in [7, 11) is 0. The lowest BCUT2D eigenvalue weighted by atomic mass is 10.0. The average molecular weight is 173 g/mol. The van der Waals surface area contributed by atoms with Crippen molar-refractivity contribution in [3.63, 3.8) is 0 Å². The molecule has 0 aromatic heterocycles. The Bertz CT molecular complexity index is 134. The second-order valence-corrected chi connectivity index (χ2v) is 3.60. The molecule has 1 amide bonds. The highest BCUT2D eigenvalue weighted by Gasteiger charge is 2.06. The van der Waals surface area contributed by atoms with Crippen LogP contribution >= 0.6 is 0 Å². The lowest BCUT2D eigenvalue weighted by molar-refractivity contribution is -0.124. The standard InChI is InChI=1S/C9H19NO2/c1-7(2)4-5-8(3)10-9(12)6-11/h7-8,11H,4-6H2,1-3H3,(H,10,12). The number of carbonyl (C=O) groups excluding carboxylic acids is 1. The normalized spacial score (nSPS) is 13.1. The lowest BCUT2D eigenvalue weighted by Crippen LogP contribution is -2.34. The van der Waals surface area contributed by atoms with Crippen LogP contribution in [-0.2, 0) is 4.79 Å². The van der Waals surface area contributed by atoms with Gasteiger partial charge in [0.2, 0.25) is 5.91 Å². The van der Waals surface area contributed by atoms with Crippen molar-refractivity contribution in [1.82, 2.24) is 5.32 Å². The first-order valence-electron chi connectivity index (χ1n) is 4.46. The molecule has 12 heavy (non-hydrogen) atoms. The summed E-state index contributed by atoms with van der Waals surface area (Å²) in [5.41, 5.74) is 0. The van der Waals surface area contributed by atoms with Crippen molar-refractivity contribution >= 4 is 5.91 Å². The third-order valence-corrected chi connectivity index (χ3v) is 1.73. The molecule has 1 atom stereocenters. The van der Waals surface area contributed by atoms with Gasteiger partial charge in [-0.05, 0) is 25.7 Å². The van der Waals surface area contributed by atoms with Gasteiger partial charge in [-0.3, -0.25) is 4.79 Å². The van der Waals surface area contributed by atoms with Crippen LogP contribution in [0.3, 0.4) is 0 Å². The maximum absolute atomic E-state index is 10.7. The number of aliphatic hydroxyl groups is 1. The summed E-state index contributed by atoms with van der Waals surface area (Å²) >= 11 is 0. The quantitative estimate of drug-likeness (QED) is 0.649. The van der Waals surface area contributed by atoms with Crippen molar-refractivity contribution in [3.8, 4) is 0 Å². The molecule has 3 nitrogen and oxygen atoms in total. The maximum atomic E-state index is 10.7. The molecule has 0 radical (unpaired) electrons. The van der Waals surface area contributed by atoms with Crippen molar-refractivity contribution in [3.05, 3.63) is 0 Å². The molecule has 0 saturated carbocycles. The molecule has 1 unspecified atom stereocenters. The Kier molecular flexibility index (Phi) is 5.72. The van der Waals surface area contributed by atoms with Crippen LogP contribution in [0, 0.1) is 5.92 Å². The van der Waals surface area contributed by atoms with Crippen LogP contribution in [0.4, 0.5) is 0 Å². The molecule has 0 aromatic carbocycles. The second kappa shape index (κ2) is 6.00. The summed E-state index contributed by atoms with van der Waals surface area (Å²) in [6, 6.07) is 0.173. The topological polar surface area (TPSA) is 49.3 Å². The number of aliphatic hydroxyl groups excluding tert-OH is 1. The maximum Gasteiger partial charge on any atom is 0.245 e. The minimum absolute atomic E-state index is 0.173. The van der Waals surface area contributed by atoms with E-state index in [0.717, 1.165) is 12.8 Å². The molecule has 72 valence electrons. The average Bonchev–Trinajstić information content (AvgIpc) is 2.00. The van der Waals surface area contributed by atoms with Crippen molar-refractivity contribution in [2.24, 2.45) is 5.92 Å². The van der Waals surface area contributed by atoms with Crippen LogP contribution < -0.4 is 5.32 Å². The first-order valence-corrected chi connectivity index (χ1v) is 4.46. The molecule has 0 saturated heterocycles. The SMILES string of the molecule is CC(C)CCC(C)NC(=O)CO. The van der Waals surface area contributed by atoms with Gasteiger partial charge in [0.05, 0.1) is 0 Å². The molecular formula is C9H19NO2. The van der Waals surface area contributed by atoms with E-state index in [2.05, 4.69) is 19.2 Å². The van der Waals surface area contributed by atoms with Gasteiger partial charge in [-0.2, -0.15) is 0 Å². The molecule has 0 spiro atoms. The van der Waals surface area contributed by atoms with Gasteiger partial charge in [-0.15, -0.1) is 0 Å². The highest BCUT2D eigenvalue weighted by molar-refractivity contribution is 5.77. The van der Waals surface area contributed by atoms with Crippen molar-refractivity contribution < 1.29 is 9.90 Å². The molecule has 3 heteroatoms. The number of amides is 1. The fourth-order valence-corrected chi connectivity index (χ4v) is 0.976. The van der Waals surface area contributed by atoms with E-state index in [0.29, 0.717) is 5.92 Å². The predicted octanol–water partition coefficient (Wildman–Crippen LogP) is 0.920. The Labute approximate surface area is 74.2 Å². The zero-order valence-corrected chi connectivity index (χ0v) is 8.13. The summed E-state index contributed by atoms with van der Waals surface area (Å²) in [5.74, 6) is 0.379. The largest absolute Gasteiger partial charge is 0.387 e. The van der Waals surface area contributed by atoms with Gasteiger partial charge in [0, 0.05) is 6.04 Å². The summed E-state index contributed by atoms with van der Waals surface area (Å²) in [6.45, 7) is 5.85. The first-order chi connectivity index (χ1) is 5.56. The van der Waals surface area contributed by atoms with Crippen LogP contribution in [0.2, 0.25) is 0 Å². The molecule has 0 aliphatic heterocycles. The highest BCUT2D eigenvalue weighted by atomic mass is 16.3. The number of hydrogen-bond acceptors (Lipinski definition) is 2. The number of nitrogens with one attached hydrogen (secondary N) is 1. The monoisotopic (exact) mass is 173 g/mol. The van der Waals surface area contributed by atoms with E-state index in [9.17, 15) is 4.79 Å². The van der Waals surface area contributed by atoms with E-state index >= 15 is 0 Å². The van der Waals surface area contributed by atoms with Gasteiger partial charge >= 0.3 is 0 Å². The molecule has 0 rings (SSSR count). The minimum Gasteiger partial charge on any atom is -0.387 e. The van der Waals surface area contributed by atoms with Gasteiger partial charge in [-0.1, -0.05) is 13.8 Å². The zero-order chi connectivity index (χ0) is 9.56. The van der Waals surface area contributed by atoms with E-state index in [1.165, 1.54) is 0 Å². The minimum atomic E-state index is -0.411. The van der Waals surface area contributed by atoms with Crippen LogP contribution in [0.1, 0.15) is 33.6 Å². The summed E-state index contributed by atoms with van der Waals surface area (Å²) in [6.07, 6.45) is 2.08. The third-order valence-electron chi connectivity index (χ3n) is 1.73. The first kappa shape index (κ1) is 11.4. The van der Waals surface area contributed by atoms with Crippen molar-refractivity contribution in [1.29, 1.82) is 0 Å². The van der Waals surface area contributed by atoms with Gasteiger partial charge in [-0.25, -0.2) is 0 Å². The van der Waals surface area contributed by atoms with Gasteiger partial charge in [0.15, 0.2) is 0 Å². The molecule has 0 heterocycles. The molecule has 0 aromatic rings. The van der Waals surface area contributed by atoms with Crippen molar-refractivity contribution in [2.75, 3.05) is 6.61 Å². The van der Waals surface area contributed by atoms with Gasteiger partial charge < -0.3 is 10.4 Å². The number of hydrogen-bond donors (Lipinski definition) is 2. The van der Waals surface area contributed by atoms with E-state index in [1.54, 1.807) is 0 Å². The van der Waals surface area contributed by atoms with E-state index in [1.807, 2.05) is 6.92 Å². The third kappa shape index (κ3) is 6.16. The fraction of sp³-hybridized carbons (Fsp3) is 0.889. The molecule has 0 aliphatic rings. The van der Waals surface area contributed by atoms with E-state index in [-0.39, 0.29) is 11.9 Å². The Morgan fingerprint density at radius 3 is 2.33 bits per heavy atom. The Balaban J connectivity index is 3.45. The van der Waals surface area contributed by atoms with Crippen LogP contribution in [0.5, 0.6) is 0 Å². The summed E-state index contributed by atoms with van der Waals surface area (Å²) in [5, 5.41) is 11.1. The summed E-state index contributed by atoms with van der Waals surface area (Å²) in [4.78, 5) is 10.7. The molecular weight excluding hydrogens is 154 g/mol. The molecule has 0 fully saturated rings. The van der Waals surface area contributed by atoms with Gasteiger partial charge in [0.1, 0.15) is 6.61 Å². The van der Waals surface area contributed by atoms with Crippen LogP contribution in [-0.4, -0.2) is 23.7 Å². The predicted molar refractivity (Wildman–Crippen MR) is 48.8 cm³/mol. The van der Waals surface area contributed by atoms with E-state index < -0.39 is 6.61 Å². The van der Waals surface area contributed by atoms with Gasteiger partial charge in [0.25, 0.3) is 0 Å². The smallest absolute Gasteiger partial charge is 0.245 e. The second-order valence-electron chi connectivity index (χ2n) is 3.60. The Hall–Kier alpha value is -0.570. The van der Waals surface area contributed by atoms with Crippen LogP contribution in [0.15, 0.2) is 0 Å². The number of carbonyl (C=O) groups is 1. The summed E-state index contributed by atoms with van der Waals surface area (Å²) < 4.78 is 0. The fourth-order valence-electron chi connectivity index (χ4n) is 0.976. The highest BCUT2D eigenvalue weighted by Crippen LogP contribution is 2.05. The molecule has 2 N–H and O–H groups in total. The Morgan fingerprint density at radius 2 is 1.92 bits per heavy atom.